The molecule has 0 fully saturated rings. The molecule has 2 N–H and O–H groups in total. The predicted octanol–water partition coefficient (Wildman–Crippen LogP) is 2.90. The van der Waals surface area contributed by atoms with Crippen molar-refractivity contribution in [1.82, 2.24) is 14.5 Å². The highest BCUT2D eigenvalue weighted by Gasteiger charge is 2.18. The first-order valence-electron chi connectivity index (χ1n) is 6.10. The Labute approximate surface area is 113 Å². The second-order valence-electron chi connectivity index (χ2n) is 4.55. The zero-order chi connectivity index (χ0) is 14.3. The molecule has 0 amide bonds. The van der Waals surface area contributed by atoms with E-state index >= 15 is 0 Å². The summed E-state index contributed by atoms with van der Waals surface area (Å²) in [5.74, 6) is -1.22. The number of hydrogen-bond acceptors (Lipinski definition) is 3. The molecule has 3 aromatic rings. The van der Waals surface area contributed by atoms with Crippen molar-refractivity contribution in [3.8, 4) is 0 Å². The van der Waals surface area contributed by atoms with Gasteiger partial charge in [-0.2, -0.15) is 0 Å². The first-order valence-corrected chi connectivity index (χ1v) is 6.10. The molecule has 3 rings (SSSR count). The minimum Gasteiger partial charge on any atom is -0.369 e. The highest BCUT2D eigenvalue weighted by molar-refractivity contribution is 5.79. The largest absolute Gasteiger partial charge is 0.369 e. The number of anilines is 1. The van der Waals surface area contributed by atoms with Gasteiger partial charge in [0.2, 0.25) is 5.95 Å². The standard InChI is InChI=1S/C14H12F2N4/c1-8(9-2-4-18-5-3-9)20-12-7-10(15)6-11(16)13(12)19-14(20)17/h2-8H,1H3,(H2,17,19). The van der Waals surface area contributed by atoms with Gasteiger partial charge in [0.1, 0.15) is 11.3 Å². The number of halogens is 2. The third kappa shape index (κ3) is 1.89. The second kappa shape index (κ2) is 4.56. The van der Waals surface area contributed by atoms with Crippen molar-refractivity contribution in [2.75, 3.05) is 5.73 Å². The van der Waals surface area contributed by atoms with E-state index in [1.54, 1.807) is 17.0 Å². The molecule has 1 unspecified atom stereocenters. The lowest BCUT2D eigenvalue weighted by atomic mass is 10.1. The lowest BCUT2D eigenvalue weighted by Gasteiger charge is -2.16. The number of nitrogen functional groups attached to an aromatic ring is 1. The van der Waals surface area contributed by atoms with Crippen LogP contribution >= 0.6 is 0 Å². The summed E-state index contributed by atoms with van der Waals surface area (Å²) in [6.45, 7) is 1.88. The molecule has 2 aromatic heterocycles. The molecule has 2 heterocycles. The average molecular weight is 274 g/mol. The summed E-state index contributed by atoms with van der Waals surface area (Å²) < 4.78 is 28.8. The van der Waals surface area contributed by atoms with Crippen LogP contribution in [0.2, 0.25) is 0 Å². The van der Waals surface area contributed by atoms with Crippen LogP contribution in [0.1, 0.15) is 18.5 Å². The van der Waals surface area contributed by atoms with E-state index in [0.29, 0.717) is 5.52 Å². The summed E-state index contributed by atoms with van der Waals surface area (Å²) in [5.41, 5.74) is 7.20. The highest BCUT2D eigenvalue weighted by Crippen LogP contribution is 2.28. The van der Waals surface area contributed by atoms with E-state index < -0.39 is 11.6 Å². The zero-order valence-electron chi connectivity index (χ0n) is 10.7. The number of benzene rings is 1. The van der Waals surface area contributed by atoms with Gasteiger partial charge in [-0.1, -0.05) is 0 Å². The molecular formula is C14H12F2N4. The fraction of sp³-hybridized carbons (Fsp3) is 0.143. The van der Waals surface area contributed by atoms with Gasteiger partial charge in [0.25, 0.3) is 0 Å². The van der Waals surface area contributed by atoms with Gasteiger partial charge in [0.05, 0.1) is 11.6 Å². The molecule has 0 radical (unpaired) electrons. The minimum absolute atomic E-state index is 0.0739. The maximum absolute atomic E-state index is 13.7. The Kier molecular flexibility index (Phi) is 2.85. The Bertz CT molecular complexity index is 768. The third-order valence-electron chi connectivity index (χ3n) is 3.32. The zero-order valence-corrected chi connectivity index (χ0v) is 10.7. The number of fused-ring (bicyclic) bond motifs is 1. The smallest absolute Gasteiger partial charge is 0.201 e. The van der Waals surface area contributed by atoms with Crippen LogP contribution in [-0.2, 0) is 0 Å². The van der Waals surface area contributed by atoms with Crippen molar-refractivity contribution in [1.29, 1.82) is 0 Å². The normalized spacial score (nSPS) is 12.8. The number of hydrogen-bond donors (Lipinski definition) is 1. The van der Waals surface area contributed by atoms with E-state index in [9.17, 15) is 8.78 Å². The molecule has 0 spiro atoms. The van der Waals surface area contributed by atoms with Crippen molar-refractivity contribution < 1.29 is 8.78 Å². The number of imidazole rings is 1. The molecule has 20 heavy (non-hydrogen) atoms. The van der Waals surface area contributed by atoms with E-state index in [1.165, 1.54) is 6.07 Å². The maximum Gasteiger partial charge on any atom is 0.201 e. The van der Waals surface area contributed by atoms with Gasteiger partial charge < -0.3 is 10.3 Å². The lowest BCUT2D eigenvalue weighted by molar-refractivity contribution is 0.588. The summed E-state index contributed by atoms with van der Waals surface area (Å²) in [5, 5.41) is 0. The van der Waals surface area contributed by atoms with E-state index in [-0.39, 0.29) is 17.5 Å². The molecule has 0 saturated carbocycles. The Morgan fingerprint density at radius 2 is 1.90 bits per heavy atom. The minimum atomic E-state index is -0.715. The molecular weight excluding hydrogens is 262 g/mol. The highest BCUT2D eigenvalue weighted by atomic mass is 19.1. The molecule has 0 saturated heterocycles. The summed E-state index contributed by atoms with van der Waals surface area (Å²) in [4.78, 5) is 7.93. The molecule has 4 nitrogen and oxygen atoms in total. The molecule has 1 aromatic carbocycles. The molecule has 0 aliphatic carbocycles. The molecule has 0 bridgehead atoms. The number of rotatable bonds is 2. The van der Waals surface area contributed by atoms with Crippen molar-refractivity contribution >= 4 is 17.0 Å². The van der Waals surface area contributed by atoms with Crippen molar-refractivity contribution in [2.45, 2.75) is 13.0 Å². The molecule has 6 heteroatoms. The monoisotopic (exact) mass is 274 g/mol. The fourth-order valence-electron chi connectivity index (χ4n) is 2.34. The Balaban J connectivity index is 2.23. The first kappa shape index (κ1) is 12.5. The van der Waals surface area contributed by atoms with Gasteiger partial charge in [0, 0.05) is 24.5 Å². The van der Waals surface area contributed by atoms with Gasteiger partial charge in [-0.3, -0.25) is 4.98 Å². The number of nitrogens with zero attached hydrogens (tertiary/aromatic N) is 3. The van der Waals surface area contributed by atoms with Crippen LogP contribution in [0.15, 0.2) is 36.7 Å². The Hall–Kier alpha value is -2.50. The number of nitrogens with two attached hydrogens (primary N) is 1. The Morgan fingerprint density at radius 3 is 2.60 bits per heavy atom. The van der Waals surface area contributed by atoms with Crippen LogP contribution in [0.3, 0.4) is 0 Å². The third-order valence-corrected chi connectivity index (χ3v) is 3.32. The average Bonchev–Trinajstić information content (AvgIpc) is 2.76. The van der Waals surface area contributed by atoms with Gasteiger partial charge in [0.15, 0.2) is 5.82 Å². The maximum atomic E-state index is 13.7. The van der Waals surface area contributed by atoms with E-state index in [0.717, 1.165) is 11.6 Å². The van der Waals surface area contributed by atoms with Crippen LogP contribution in [-0.4, -0.2) is 14.5 Å². The Morgan fingerprint density at radius 1 is 1.20 bits per heavy atom. The summed E-state index contributed by atoms with van der Waals surface area (Å²) >= 11 is 0. The van der Waals surface area contributed by atoms with Crippen LogP contribution in [0.5, 0.6) is 0 Å². The summed E-state index contributed by atoms with van der Waals surface area (Å²) in [6, 6.07) is 5.48. The summed E-state index contributed by atoms with van der Waals surface area (Å²) in [6.07, 6.45) is 3.31. The second-order valence-corrected chi connectivity index (χ2v) is 4.55. The van der Waals surface area contributed by atoms with Crippen molar-refractivity contribution in [2.24, 2.45) is 0 Å². The van der Waals surface area contributed by atoms with Crippen LogP contribution in [0.25, 0.3) is 11.0 Å². The quantitative estimate of drug-likeness (QED) is 0.781. The molecule has 0 aliphatic heterocycles. The first-order chi connectivity index (χ1) is 9.58. The van der Waals surface area contributed by atoms with Crippen LogP contribution in [0.4, 0.5) is 14.7 Å². The van der Waals surface area contributed by atoms with Gasteiger partial charge in [-0.25, -0.2) is 13.8 Å². The van der Waals surface area contributed by atoms with Crippen LogP contribution < -0.4 is 5.73 Å². The number of aromatic nitrogens is 3. The fourth-order valence-corrected chi connectivity index (χ4v) is 2.34. The van der Waals surface area contributed by atoms with E-state index in [1.807, 2.05) is 19.1 Å². The molecule has 0 aliphatic rings. The summed E-state index contributed by atoms with van der Waals surface area (Å²) in [7, 11) is 0. The predicted molar refractivity (Wildman–Crippen MR) is 72.1 cm³/mol. The van der Waals surface area contributed by atoms with Crippen molar-refractivity contribution in [3.63, 3.8) is 0 Å². The molecule has 1 atom stereocenters. The van der Waals surface area contributed by atoms with Crippen LogP contribution in [0, 0.1) is 11.6 Å². The van der Waals surface area contributed by atoms with E-state index in [4.69, 9.17) is 5.73 Å². The van der Waals surface area contributed by atoms with Gasteiger partial charge in [-0.05, 0) is 24.6 Å². The topological polar surface area (TPSA) is 56.7 Å². The number of pyridine rings is 1. The lowest BCUT2D eigenvalue weighted by Crippen LogP contribution is -2.10. The van der Waals surface area contributed by atoms with Gasteiger partial charge in [-0.15, -0.1) is 0 Å². The van der Waals surface area contributed by atoms with Crippen molar-refractivity contribution in [3.05, 3.63) is 53.9 Å². The SMILES string of the molecule is CC(c1ccncc1)n1c(N)nc2c(F)cc(F)cc21. The van der Waals surface area contributed by atoms with E-state index in [2.05, 4.69) is 9.97 Å². The molecule has 102 valence electrons. The van der Waals surface area contributed by atoms with Gasteiger partial charge >= 0.3 is 0 Å².